The summed E-state index contributed by atoms with van der Waals surface area (Å²) in [6.45, 7) is 0. The van der Waals surface area contributed by atoms with Gasteiger partial charge in [-0.3, -0.25) is 0 Å². The van der Waals surface area contributed by atoms with Crippen LogP contribution in [0.5, 0.6) is 0 Å². The van der Waals surface area contributed by atoms with E-state index in [0.29, 0.717) is 10.6 Å². The summed E-state index contributed by atoms with van der Waals surface area (Å²) in [4.78, 5) is 3.96. The van der Waals surface area contributed by atoms with Crippen LogP contribution < -0.4 is 0 Å². The first kappa shape index (κ1) is 16.8. The van der Waals surface area contributed by atoms with Crippen LogP contribution in [0, 0.1) is 12.3 Å². The molecule has 2 aromatic heterocycles. The maximum atomic E-state index is 13.3. The molecule has 0 aliphatic rings. The van der Waals surface area contributed by atoms with Gasteiger partial charge < -0.3 is 0 Å². The maximum Gasteiger partial charge on any atom is 0.433 e. The number of hydrogen-bond donors (Lipinski definition) is 0. The van der Waals surface area contributed by atoms with Crippen LogP contribution >= 0.6 is 0 Å². The molecule has 0 N–H and O–H groups in total. The van der Waals surface area contributed by atoms with Crippen LogP contribution in [0.15, 0.2) is 36.5 Å². The Morgan fingerprint density at radius 3 is 2.32 bits per heavy atom. The van der Waals surface area contributed by atoms with Gasteiger partial charge >= 0.3 is 12.4 Å². The fourth-order valence-electron chi connectivity index (χ4n) is 2.27. The highest BCUT2D eigenvalue weighted by molar-refractivity contribution is 5.66. The monoisotopic (exact) mass is 355 g/mol. The molecule has 0 spiro atoms. The number of aromatic nitrogens is 3. The topological polar surface area (TPSA) is 30.2 Å². The summed E-state index contributed by atoms with van der Waals surface area (Å²) in [5.74, 6) is 2.15. The second-order valence-corrected chi connectivity index (χ2v) is 5.04. The Hall–Kier alpha value is -3.02. The molecule has 3 nitrogen and oxygen atoms in total. The number of fused-ring (bicyclic) bond motifs is 1. The number of halogens is 6. The molecule has 0 aliphatic heterocycles. The summed E-state index contributed by atoms with van der Waals surface area (Å²) in [6.07, 6.45) is -3.18. The van der Waals surface area contributed by atoms with Crippen molar-refractivity contribution in [3.8, 4) is 23.6 Å². The lowest BCUT2D eigenvalue weighted by molar-refractivity contribution is -0.142. The van der Waals surface area contributed by atoms with Crippen LogP contribution in [0.3, 0.4) is 0 Å². The van der Waals surface area contributed by atoms with Crippen molar-refractivity contribution in [1.29, 1.82) is 0 Å². The van der Waals surface area contributed by atoms with E-state index in [0.717, 1.165) is 24.4 Å². The first-order valence-corrected chi connectivity index (χ1v) is 6.71. The maximum absolute atomic E-state index is 13.3. The summed E-state index contributed by atoms with van der Waals surface area (Å²) in [7, 11) is 0. The lowest BCUT2D eigenvalue weighted by Crippen LogP contribution is -2.14. The zero-order valence-corrected chi connectivity index (χ0v) is 12.2. The molecule has 0 aliphatic carbocycles. The predicted molar refractivity (Wildman–Crippen MR) is 76.4 cm³/mol. The minimum Gasteiger partial charge on any atom is -0.227 e. The van der Waals surface area contributed by atoms with E-state index < -0.39 is 23.6 Å². The fraction of sp³-hybridized carbons (Fsp3) is 0.125. The quantitative estimate of drug-likeness (QED) is 0.478. The average Bonchev–Trinajstić information content (AvgIpc) is 2.95. The van der Waals surface area contributed by atoms with Crippen molar-refractivity contribution in [2.24, 2.45) is 0 Å². The first-order chi connectivity index (χ1) is 11.6. The van der Waals surface area contributed by atoms with Gasteiger partial charge in [0.15, 0.2) is 11.3 Å². The van der Waals surface area contributed by atoms with Gasteiger partial charge in [0, 0.05) is 5.56 Å². The van der Waals surface area contributed by atoms with Gasteiger partial charge in [0.05, 0.1) is 23.0 Å². The van der Waals surface area contributed by atoms with Crippen LogP contribution in [-0.2, 0) is 12.4 Å². The molecule has 0 bridgehead atoms. The van der Waals surface area contributed by atoms with E-state index in [-0.39, 0.29) is 22.5 Å². The summed E-state index contributed by atoms with van der Waals surface area (Å²) in [5.41, 5.74) is -2.85. The van der Waals surface area contributed by atoms with E-state index in [1.165, 1.54) is 6.07 Å². The Morgan fingerprint density at radius 1 is 1.00 bits per heavy atom. The molecule has 128 valence electrons. The summed E-state index contributed by atoms with van der Waals surface area (Å²) in [5, 5.41) is 3.56. The minimum absolute atomic E-state index is 0.000624. The molecule has 1 aromatic carbocycles. The predicted octanol–water partition coefficient (Wildman–Crippen LogP) is 4.42. The molecular weight excluding hydrogens is 348 g/mol. The lowest BCUT2D eigenvalue weighted by atomic mass is 10.1. The molecular formula is C16H7F6N3. The standard InChI is InChI=1S/C16H7F6N3/c1-2-9-8-23-25-13(16(20,21)22)7-12(24-14(9)25)10-4-3-5-11(6-10)15(17,18)19/h1,3-8H. The molecule has 0 radical (unpaired) electrons. The van der Waals surface area contributed by atoms with E-state index in [1.54, 1.807) is 0 Å². The van der Waals surface area contributed by atoms with E-state index in [2.05, 4.69) is 16.0 Å². The van der Waals surface area contributed by atoms with Gasteiger partial charge in [0.25, 0.3) is 0 Å². The third-order valence-corrected chi connectivity index (χ3v) is 3.40. The second-order valence-electron chi connectivity index (χ2n) is 5.04. The van der Waals surface area contributed by atoms with Crippen molar-refractivity contribution in [3.63, 3.8) is 0 Å². The van der Waals surface area contributed by atoms with Crippen molar-refractivity contribution < 1.29 is 26.3 Å². The van der Waals surface area contributed by atoms with Gasteiger partial charge in [0.1, 0.15) is 0 Å². The van der Waals surface area contributed by atoms with E-state index >= 15 is 0 Å². The van der Waals surface area contributed by atoms with E-state index in [9.17, 15) is 26.3 Å². The van der Waals surface area contributed by atoms with Crippen LogP contribution in [0.1, 0.15) is 16.8 Å². The third kappa shape index (κ3) is 3.03. The average molecular weight is 355 g/mol. The Balaban J connectivity index is 2.29. The number of rotatable bonds is 1. The third-order valence-electron chi connectivity index (χ3n) is 3.40. The van der Waals surface area contributed by atoms with Gasteiger partial charge in [-0.15, -0.1) is 6.42 Å². The Bertz CT molecular complexity index is 992. The zero-order chi connectivity index (χ0) is 18.4. The molecule has 2 heterocycles. The SMILES string of the molecule is C#Cc1cnn2c(C(F)(F)F)cc(-c3cccc(C(F)(F)F)c3)nc12. The molecule has 3 rings (SSSR count). The number of terminal acetylenes is 1. The zero-order valence-electron chi connectivity index (χ0n) is 12.2. The smallest absolute Gasteiger partial charge is 0.227 e. The van der Waals surface area contributed by atoms with Crippen LogP contribution in [0.2, 0.25) is 0 Å². The molecule has 3 aromatic rings. The van der Waals surface area contributed by atoms with E-state index in [4.69, 9.17) is 6.42 Å². The highest BCUT2D eigenvalue weighted by Gasteiger charge is 2.36. The van der Waals surface area contributed by atoms with Gasteiger partial charge in [-0.1, -0.05) is 18.1 Å². The van der Waals surface area contributed by atoms with Gasteiger partial charge in [0.2, 0.25) is 0 Å². The minimum atomic E-state index is -4.80. The molecule has 0 unspecified atom stereocenters. The molecule has 0 fully saturated rings. The highest BCUT2D eigenvalue weighted by Crippen LogP contribution is 2.35. The largest absolute Gasteiger partial charge is 0.433 e. The van der Waals surface area contributed by atoms with Crippen molar-refractivity contribution >= 4 is 5.65 Å². The summed E-state index contributed by atoms with van der Waals surface area (Å²) in [6, 6.07) is 4.51. The second kappa shape index (κ2) is 5.51. The fourth-order valence-corrected chi connectivity index (χ4v) is 2.27. The Morgan fingerprint density at radius 2 is 1.72 bits per heavy atom. The molecule has 0 amide bonds. The molecule has 0 saturated carbocycles. The van der Waals surface area contributed by atoms with Gasteiger partial charge in [-0.2, -0.15) is 31.4 Å². The number of benzene rings is 1. The molecule has 0 atom stereocenters. The van der Waals surface area contributed by atoms with Crippen molar-refractivity contribution in [2.45, 2.75) is 12.4 Å². The lowest BCUT2D eigenvalue weighted by Gasteiger charge is -2.12. The Kier molecular flexibility index (Phi) is 3.71. The van der Waals surface area contributed by atoms with Crippen molar-refractivity contribution in [1.82, 2.24) is 14.6 Å². The number of hydrogen-bond acceptors (Lipinski definition) is 2. The van der Waals surface area contributed by atoms with Crippen LogP contribution in [-0.4, -0.2) is 14.6 Å². The molecule has 0 saturated heterocycles. The van der Waals surface area contributed by atoms with Gasteiger partial charge in [-0.05, 0) is 18.2 Å². The normalized spacial score (nSPS) is 12.4. The van der Waals surface area contributed by atoms with Crippen LogP contribution in [0.4, 0.5) is 26.3 Å². The molecule has 25 heavy (non-hydrogen) atoms. The number of nitrogens with zero attached hydrogens (tertiary/aromatic N) is 3. The summed E-state index contributed by atoms with van der Waals surface area (Å²) >= 11 is 0. The highest BCUT2D eigenvalue weighted by atomic mass is 19.4. The van der Waals surface area contributed by atoms with Gasteiger partial charge in [-0.25, -0.2) is 9.50 Å². The first-order valence-electron chi connectivity index (χ1n) is 6.71. The Labute approximate surface area is 136 Å². The van der Waals surface area contributed by atoms with Crippen LogP contribution in [0.25, 0.3) is 16.9 Å². The number of alkyl halides is 6. The van der Waals surface area contributed by atoms with E-state index in [1.807, 2.05) is 0 Å². The molecule has 9 heteroatoms. The van der Waals surface area contributed by atoms with Crippen molar-refractivity contribution in [2.75, 3.05) is 0 Å². The van der Waals surface area contributed by atoms with Crippen molar-refractivity contribution in [3.05, 3.63) is 53.3 Å². The summed E-state index contributed by atoms with van der Waals surface area (Å²) < 4.78 is 78.8.